The molecule has 1 rings (SSSR count). The molecule has 0 aliphatic carbocycles. The fourth-order valence-electron chi connectivity index (χ4n) is 1.37. The van der Waals surface area contributed by atoms with E-state index in [1.807, 2.05) is 20.8 Å². The number of hydrogen-bond acceptors (Lipinski definition) is 3. The first kappa shape index (κ1) is 15.8. The van der Waals surface area contributed by atoms with E-state index in [4.69, 9.17) is 22.1 Å². The van der Waals surface area contributed by atoms with Gasteiger partial charge in [-0.25, -0.2) is 0 Å². The van der Waals surface area contributed by atoms with Crippen molar-refractivity contribution < 1.29 is 9.53 Å². The highest BCUT2D eigenvalue weighted by Crippen LogP contribution is 2.23. The number of carbonyl (C=O) groups excluding carboxylic acids is 1. The third kappa shape index (κ3) is 5.49. The lowest BCUT2D eigenvalue weighted by Crippen LogP contribution is -2.25. The molecule has 3 N–H and O–H groups in total. The van der Waals surface area contributed by atoms with Gasteiger partial charge in [0, 0.05) is 5.02 Å². The van der Waals surface area contributed by atoms with Crippen molar-refractivity contribution in [2.75, 3.05) is 17.7 Å². The highest BCUT2D eigenvalue weighted by molar-refractivity contribution is 6.31. The zero-order valence-electron chi connectivity index (χ0n) is 11.6. The molecule has 0 atom stereocenters. The van der Waals surface area contributed by atoms with Gasteiger partial charge >= 0.3 is 0 Å². The van der Waals surface area contributed by atoms with Crippen molar-refractivity contribution in [1.82, 2.24) is 0 Å². The van der Waals surface area contributed by atoms with Crippen molar-refractivity contribution in [1.29, 1.82) is 0 Å². The third-order valence-electron chi connectivity index (χ3n) is 2.96. The van der Waals surface area contributed by atoms with E-state index in [0.29, 0.717) is 23.0 Å². The fourth-order valence-corrected chi connectivity index (χ4v) is 1.54. The van der Waals surface area contributed by atoms with Crippen LogP contribution in [0.3, 0.4) is 0 Å². The predicted molar refractivity (Wildman–Crippen MR) is 79.4 cm³/mol. The Bertz CT molecular complexity index is 447. The number of ether oxygens (including phenoxy) is 1. The Balaban J connectivity index is 2.45. The van der Waals surface area contributed by atoms with Crippen LogP contribution in [0.1, 0.15) is 33.6 Å². The Morgan fingerprint density at radius 3 is 2.79 bits per heavy atom. The predicted octanol–water partition coefficient (Wildman–Crippen LogP) is 3.46. The number of anilines is 2. The molecule has 0 bridgehead atoms. The second-order valence-corrected chi connectivity index (χ2v) is 5.43. The number of rotatable bonds is 6. The minimum atomic E-state index is -0.199. The molecule has 0 saturated carbocycles. The van der Waals surface area contributed by atoms with E-state index in [-0.39, 0.29) is 17.9 Å². The van der Waals surface area contributed by atoms with Gasteiger partial charge in [-0.1, -0.05) is 18.5 Å². The molecule has 106 valence electrons. The summed E-state index contributed by atoms with van der Waals surface area (Å²) in [5, 5.41) is 3.26. The van der Waals surface area contributed by atoms with Gasteiger partial charge in [0.25, 0.3) is 0 Å². The number of benzene rings is 1. The lowest BCUT2D eigenvalue weighted by Gasteiger charge is -2.23. The number of nitrogens with two attached hydrogens (primary N) is 1. The van der Waals surface area contributed by atoms with Crippen LogP contribution in [0.15, 0.2) is 18.2 Å². The largest absolute Gasteiger partial charge is 0.397 e. The number of carbonyl (C=O) groups is 1. The van der Waals surface area contributed by atoms with Crippen molar-refractivity contribution in [3.05, 3.63) is 23.2 Å². The van der Waals surface area contributed by atoms with Gasteiger partial charge in [0.05, 0.1) is 30.0 Å². The van der Waals surface area contributed by atoms with Crippen molar-refractivity contribution in [2.24, 2.45) is 0 Å². The van der Waals surface area contributed by atoms with Gasteiger partial charge in [-0.05, 0) is 38.5 Å². The van der Waals surface area contributed by atoms with Crippen LogP contribution in [0.5, 0.6) is 0 Å². The second kappa shape index (κ2) is 6.78. The molecular weight excluding hydrogens is 264 g/mol. The summed E-state index contributed by atoms with van der Waals surface area (Å²) in [6.45, 7) is 6.43. The molecule has 0 aromatic heterocycles. The Morgan fingerprint density at radius 2 is 2.16 bits per heavy atom. The summed E-state index contributed by atoms with van der Waals surface area (Å²) in [4.78, 5) is 11.8. The standard InChI is InChI=1S/C14H21ClN2O2/c1-4-14(2,3)19-8-7-13(18)17-12-9-10(15)5-6-11(12)16/h5-6,9H,4,7-8,16H2,1-3H3,(H,17,18). The molecule has 5 heteroatoms. The minimum absolute atomic E-state index is 0.138. The number of nitrogen functional groups attached to an aromatic ring is 1. The van der Waals surface area contributed by atoms with E-state index in [1.165, 1.54) is 0 Å². The number of hydrogen-bond donors (Lipinski definition) is 2. The maximum Gasteiger partial charge on any atom is 0.226 e. The first-order chi connectivity index (χ1) is 8.84. The van der Waals surface area contributed by atoms with Gasteiger partial charge in [-0.3, -0.25) is 4.79 Å². The highest BCUT2D eigenvalue weighted by atomic mass is 35.5. The van der Waals surface area contributed by atoms with Gasteiger partial charge in [0.2, 0.25) is 5.91 Å². The number of nitrogens with one attached hydrogen (secondary N) is 1. The highest BCUT2D eigenvalue weighted by Gasteiger charge is 2.15. The lowest BCUT2D eigenvalue weighted by molar-refractivity contribution is -0.118. The lowest BCUT2D eigenvalue weighted by atomic mass is 10.1. The van der Waals surface area contributed by atoms with Crippen LogP contribution >= 0.6 is 11.6 Å². The van der Waals surface area contributed by atoms with E-state index in [9.17, 15) is 4.79 Å². The summed E-state index contributed by atoms with van der Waals surface area (Å²) in [5.74, 6) is -0.138. The molecule has 1 aromatic carbocycles. The zero-order chi connectivity index (χ0) is 14.5. The first-order valence-electron chi connectivity index (χ1n) is 6.33. The van der Waals surface area contributed by atoms with E-state index in [2.05, 4.69) is 5.32 Å². The van der Waals surface area contributed by atoms with Crippen molar-refractivity contribution in [3.8, 4) is 0 Å². The summed E-state index contributed by atoms with van der Waals surface area (Å²) in [6.07, 6.45) is 1.19. The molecule has 4 nitrogen and oxygen atoms in total. The van der Waals surface area contributed by atoms with Crippen molar-refractivity contribution in [3.63, 3.8) is 0 Å². The molecule has 0 fully saturated rings. The Hall–Kier alpha value is -1.26. The van der Waals surface area contributed by atoms with E-state index in [0.717, 1.165) is 6.42 Å². The molecule has 0 heterocycles. The Kier molecular flexibility index (Phi) is 5.63. The van der Waals surface area contributed by atoms with Crippen LogP contribution in [-0.2, 0) is 9.53 Å². The van der Waals surface area contributed by atoms with Crippen LogP contribution in [0, 0.1) is 0 Å². The molecule has 1 aromatic rings. The normalized spacial score (nSPS) is 11.4. The molecule has 0 spiro atoms. The summed E-state index contributed by atoms with van der Waals surface area (Å²) in [5.41, 5.74) is 6.58. The van der Waals surface area contributed by atoms with Crippen molar-refractivity contribution >= 4 is 28.9 Å². The summed E-state index contributed by atoms with van der Waals surface area (Å²) in [7, 11) is 0. The number of amides is 1. The summed E-state index contributed by atoms with van der Waals surface area (Å²) >= 11 is 5.85. The summed E-state index contributed by atoms with van der Waals surface area (Å²) in [6, 6.07) is 4.97. The molecule has 0 saturated heterocycles. The van der Waals surface area contributed by atoms with Crippen LogP contribution in [0.25, 0.3) is 0 Å². The Labute approximate surface area is 119 Å². The average Bonchev–Trinajstić information content (AvgIpc) is 2.33. The van der Waals surface area contributed by atoms with E-state index < -0.39 is 0 Å². The van der Waals surface area contributed by atoms with Crippen LogP contribution in [0.2, 0.25) is 5.02 Å². The maximum absolute atomic E-state index is 11.8. The van der Waals surface area contributed by atoms with Crippen LogP contribution < -0.4 is 11.1 Å². The molecule has 0 aliphatic rings. The maximum atomic E-state index is 11.8. The van der Waals surface area contributed by atoms with Gasteiger partial charge in [0.15, 0.2) is 0 Å². The second-order valence-electron chi connectivity index (χ2n) is 4.99. The molecule has 1 amide bonds. The average molecular weight is 285 g/mol. The minimum Gasteiger partial charge on any atom is -0.397 e. The van der Waals surface area contributed by atoms with Crippen molar-refractivity contribution in [2.45, 2.75) is 39.2 Å². The quantitative estimate of drug-likeness (QED) is 0.786. The van der Waals surface area contributed by atoms with Crippen LogP contribution in [-0.4, -0.2) is 18.1 Å². The molecule has 0 aliphatic heterocycles. The molecule has 19 heavy (non-hydrogen) atoms. The van der Waals surface area contributed by atoms with Gasteiger partial charge in [-0.2, -0.15) is 0 Å². The van der Waals surface area contributed by atoms with Gasteiger partial charge in [0.1, 0.15) is 0 Å². The molecular formula is C14H21ClN2O2. The Morgan fingerprint density at radius 1 is 1.47 bits per heavy atom. The van der Waals surface area contributed by atoms with E-state index in [1.54, 1.807) is 18.2 Å². The monoisotopic (exact) mass is 284 g/mol. The van der Waals surface area contributed by atoms with Gasteiger partial charge < -0.3 is 15.8 Å². The molecule has 0 unspecified atom stereocenters. The fraction of sp³-hybridized carbons (Fsp3) is 0.500. The SMILES string of the molecule is CCC(C)(C)OCCC(=O)Nc1cc(Cl)ccc1N. The molecule has 0 radical (unpaired) electrons. The van der Waals surface area contributed by atoms with Crippen LogP contribution in [0.4, 0.5) is 11.4 Å². The van der Waals surface area contributed by atoms with Gasteiger partial charge in [-0.15, -0.1) is 0 Å². The van der Waals surface area contributed by atoms with E-state index >= 15 is 0 Å². The zero-order valence-corrected chi connectivity index (χ0v) is 12.4. The third-order valence-corrected chi connectivity index (χ3v) is 3.20. The smallest absolute Gasteiger partial charge is 0.226 e. The first-order valence-corrected chi connectivity index (χ1v) is 6.70. The topological polar surface area (TPSA) is 64.3 Å². The number of halogens is 1. The summed E-state index contributed by atoms with van der Waals surface area (Å²) < 4.78 is 5.62.